The van der Waals surface area contributed by atoms with Gasteiger partial charge in [-0.25, -0.2) is 0 Å². The van der Waals surface area contributed by atoms with E-state index >= 15 is 0 Å². The summed E-state index contributed by atoms with van der Waals surface area (Å²) < 4.78 is 44.0. The van der Waals surface area contributed by atoms with Crippen LogP contribution in [0.5, 0.6) is 5.75 Å². The molecule has 3 rings (SSSR count). The summed E-state index contributed by atoms with van der Waals surface area (Å²) in [4.78, 5) is 24.3. The molecular formula is C26H20F3N3O3. The molecule has 0 aliphatic carbocycles. The maximum Gasteiger partial charge on any atom is 0.416 e. The zero-order valence-electron chi connectivity index (χ0n) is 18.3. The van der Waals surface area contributed by atoms with Gasteiger partial charge in [-0.2, -0.15) is 18.4 Å². The molecule has 0 unspecified atom stereocenters. The van der Waals surface area contributed by atoms with Gasteiger partial charge in [0.25, 0.3) is 11.8 Å². The molecule has 0 fully saturated rings. The number of hydrogen-bond donors (Lipinski definition) is 2. The minimum absolute atomic E-state index is 0.0831. The lowest BCUT2D eigenvalue weighted by molar-refractivity contribution is -0.137. The van der Waals surface area contributed by atoms with Crippen LogP contribution in [0.3, 0.4) is 0 Å². The van der Waals surface area contributed by atoms with E-state index in [4.69, 9.17) is 4.74 Å². The largest absolute Gasteiger partial charge is 0.484 e. The molecule has 3 aromatic rings. The molecule has 0 bridgehead atoms. The fourth-order valence-corrected chi connectivity index (χ4v) is 2.94. The summed E-state index contributed by atoms with van der Waals surface area (Å²) in [6, 6.07) is 21.6. The van der Waals surface area contributed by atoms with Crippen molar-refractivity contribution >= 4 is 23.6 Å². The molecule has 0 saturated carbocycles. The molecule has 0 aliphatic heterocycles. The lowest BCUT2D eigenvalue weighted by Gasteiger charge is -2.09. The first-order valence-corrected chi connectivity index (χ1v) is 10.4. The van der Waals surface area contributed by atoms with E-state index in [0.29, 0.717) is 17.9 Å². The third-order valence-corrected chi connectivity index (χ3v) is 4.71. The number of halogens is 3. The van der Waals surface area contributed by atoms with Gasteiger partial charge in [-0.05, 0) is 47.5 Å². The zero-order chi connectivity index (χ0) is 25.3. The first kappa shape index (κ1) is 25.1. The molecule has 0 saturated heterocycles. The van der Waals surface area contributed by atoms with Crippen LogP contribution in [0, 0.1) is 11.3 Å². The van der Waals surface area contributed by atoms with Gasteiger partial charge in [-0.3, -0.25) is 9.59 Å². The summed E-state index contributed by atoms with van der Waals surface area (Å²) in [6.07, 6.45) is -3.26. The summed E-state index contributed by atoms with van der Waals surface area (Å²) in [5.41, 5.74) is 0.155. The third kappa shape index (κ3) is 7.75. The van der Waals surface area contributed by atoms with E-state index in [1.54, 1.807) is 30.3 Å². The number of nitrogens with zero attached hydrogens (tertiary/aromatic N) is 1. The average molecular weight is 479 g/mol. The minimum Gasteiger partial charge on any atom is -0.484 e. The van der Waals surface area contributed by atoms with Crippen LogP contribution < -0.4 is 15.4 Å². The Labute approximate surface area is 199 Å². The first-order chi connectivity index (χ1) is 16.7. The van der Waals surface area contributed by atoms with Crippen molar-refractivity contribution in [3.05, 3.63) is 101 Å². The summed E-state index contributed by atoms with van der Waals surface area (Å²) in [6.45, 7) is 0.192. The Morgan fingerprint density at radius 3 is 2.34 bits per heavy atom. The summed E-state index contributed by atoms with van der Waals surface area (Å²) in [7, 11) is 0. The third-order valence-electron chi connectivity index (χ3n) is 4.71. The molecule has 0 aliphatic rings. The molecule has 2 amide bonds. The van der Waals surface area contributed by atoms with Gasteiger partial charge < -0.3 is 15.4 Å². The molecule has 6 nitrogen and oxygen atoms in total. The van der Waals surface area contributed by atoms with Crippen molar-refractivity contribution in [2.75, 3.05) is 11.9 Å². The number of anilines is 1. The molecule has 0 radical (unpaired) electrons. The van der Waals surface area contributed by atoms with Crippen molar-refractivity contribution in [3.63, 3.8) is 0 Å². The van der Waals surface area contributed by atoms with Gasteiger partial charge in [-0.15, -0.1) is 0 Å². The van der Waals surface area contributed by atoms with Crippen LogP contribution in [0.2, 0.25) is 0 Å². The van der Waals surface area contributed by atoms with Crippen molar-refractivity contribution in [2.45, 2.75) is 12.7 Å². The molecule has 35 heavy (non-hydrogen) atoms. The standard InChI is InChI=1S/C26H20F3N3O3/c27-26(28,29)21-7-4-8-22(14-21)32-25(34)20(15-30)13-18-9-11-23(12-10-18)35-17-24(33)31-16-19-5-2-1-3-6-19/h1-14H,16-17H2,(H,31,33)(H,32,34)/b20-13+. The first-order valence-electron chi connectivity index (χ1n) is 10.4. The van der Waals surface area contributed by atoms with E-state index in [0.717, 1.165) is 23.8 Å². The van der Waals surface area contributed by atoms with Crippen molar-refractivity contribution in [3.8, 4) is 11.8 Å². The Kier molecular flexibility index (Phi) is 8.24. The van der Waals surface area contributed by atoms with Gasteiger partial charge in [0.1, 0.15) is 17.4 Å². The number of amides is 2. The molecule has 0 atom stereocenters. The molecule has 0 aromatic heterocycles. The second kappa shape index (κ2) is 11.5. The van der Waals surface area contributed by atoms with E-state index in [1.165, 1.54) is 12.1 Å². The zero-order valence-corrected chi connectivity index (χ0v) is 18.3. The van der Waals surface area contributed by atoms with Gasteiger partial charge in [0.05, 0.1) is 5.56 Å². The Morgan fingerprint density at radius 1 is 0.971 bits per heavy atom. The molecule has 3 aromatic carbocycles. The fourth-order valence-electron chi connectivity index (χ4n) is 2.94. The normalized spacial score (nSPS) is 11.3. The van der Waals surface area contributed by atoms with Crippen LogP contribution in [0.1, 0.15) is 16.7 Å². The average Bonchev–Trinajstić information content (AvgIpc) is 2.85. The van der Waals surface area contributed by atoms with Crippen LogP contribution in [0.4, 0.5) is 18.9 Å². The number of alkyl halides is 3. The van der Waals surface area contributed by atoms with E-state index in [2.05, 4.69) is 10.6 Å². The highest BCUT2D eigenvalue weighted by Gasteiger charge is 2.30. The van der Waals surface area contributed by atoms with Crippen LogP contribution >= 0.6 is 0 Å². The summed E-state index contributed by atoms with van der Waals surface area (Å²) in [5, 5.41) is 14.4. The van der Waals surface area contributed by atoms with Crippen LogP contribution in [0.15, 0.2) is 84.4 Å². The second-order valence-corrected chi connectivity index (χ2v) is 7.32. The van der Waals surface area contributed by atoms with E-state index < -0.39 is 17.6 Å². The van der Waals surface area contributed by atoms with Crippen molar-refractivity contribution in [1.29, 1.82) is 5.26 Å². The summed E-state index contributed by atoms with van der Waals surface area (Å²) in [5.74, 6) is -0.734. The second-order valence-electron chi connectivity index (χ2n) is 7.32. The van der Waals surface area contributed by atoms with E-state index in [-0.39, 0.29) is 23.8 Å². The fraction of sp³-hybridized carbons (Fsp3) is 0.115. The Morgan fingerprint density at radius 2 is 1.69 bits per heavy atom. The van der Waals surface area contributed by atoms with Gasteiger partial charge >= 0.3 is 6.18 Å². The number of carbonyl (C=O) groups is 2. The quantitative estimate of drug-likeness (QED) is 0.354. The molecule has 0 heterocycles. The van der Waals surface area contributed by atoms with Gasteiger partial charge in [0.2, 0.25) is 0 Å². The topological polar surface area (TPSA) is 91.2 Å². The number of ether oxygens (including phenoxy) is 1. The Hall–Kier alpha value is -4.58. The highest BCUT2D eigenvalue weighted by molar-refractivity contribution is 6.09. The number of carbonyl (C=O) groups excluding carboxylic acids is 2. The Bertz CT molecular complexity index is 1250. The van der Waals surface area contributed by atoms with Crippen LogP contribution in [0.25, 0.3) is 6.08 Å². The number of nitriles is 1. The monoisotopic (exact) mass is 479 g/mol. The number of rotatable bonds is 8. The highest BCUT2D eigenvalue weighted by atomic mass is 19.4. The van der Waals surface area contributed by atoms with Gasteiger partial charge in [0, 0.05) is 12.2 Å². The lowest BCUT2D eigenvalue weighted by Crippen LogP contribution is -2.28. The number of hydrogen-bond acceptors (Lipinski definition) is 4. The van der Waals surface area contributed by atoms with Crippen molar-refractivity contribution in [2.24, 2.45) is 0 Å². The predicted octanol–water partition coefficient (Wildman–Crippen LogP) is 4.95. The van der Waals surface area contributed by atoms with Crippen molar-refractivity contribution < 1.29 is 27.5 Å². The van der Waals surface area contributed by atoms with Crippen molar-refractivity contribution in [1.82, 2.24) is 5.32 Å². The SMILES string of the molecule is N#C/C(=C\c1ccc(OCC(=O)NCc2ccccc2)cc1)C(=O)Nc1cccc(C(F)(F)F)c1. The van der Waals surface area contributed by atoms with Gasteiger partial charge in [-0.1, -0.05) is 48.5 Å². The maximum absolute atomic E-state index is 12.8. The Balaban J connectivity index is 1.56. The number of benzene rings is 3. The highest BCUT2D eigenvalue weighted by Crippen LogP contribution is 2.30. The molecule has 2 N–H and O–H groups in total. The lowest BCUT2D eigenvalue weighted by atomic mass is 10.1. The van der Waals surface area contributed by atoms with Crippen LogP contribution in [-0.4, -0.2) is 18.4 Å². The molecular weight excluding hydrogens is 459 g/mol. The van der Waals surface area contributed by atoms with Crippen LogP contribution in [-0.2, 0) is 22.3 Å². The van der Waals surface area contributed by atoms with E-state index in [1.807, 2.05) is 30.3 Å². The number of nitrogens with one attached hydrogen (secondary N) is 2. The van der Waals surface area contributed by atoms with E-state index in [9.17, 15) is 28.0 Å². The molecule has 9 heteroatoms. The maximum atomic E-state index is 12.8. The summed E-state index contributed by atoms with van der Waals surface area (Å²) >= 11 is 0. The smallest absolute Gasteiger partial charge is 0.416 e. The molecule has 0 spiro atoms. The van der Waals surface area contributed by atoms with Gasteiger partial charge in [0.15, 0.2) is 6.61 Å². The molecule has 178 valence electrons. The minimum atomic E-state index is -4.55. The predicted molar refractivity (Wildman–Crippen MR) is 124 cm³/mol.